The highest BCUT2D eigenvalue weighted by molar-refractivity contribution is 4.85. The molecule has 3 atom stereocenters. The van der Waals surface area contributed by atoms with Crippen molar-refractivity contribution in [1.29, 1.82) is 0 Å². The first-order valence-corrected chi connectivity index (χ1v) is 6.07. The van der Waals surface area contributed by atoms with Crippen LogP contribution in [0.15, 0.2) is 0 Å². The van der Waals surface area contributed by atoms with Crippen LogP contribution < -0.4 is 0 Å². The van der Waals surface area contributed by atoms with Crippen molar-refractivity contribution >= 4 is 0 Å². The van der Waals surface area contributed by atoms with E-state index in [0.29, 0.717) is 0 Å². The quantitative estimate of drug-likeness (QED) is 0.593. The van der Waals surface area contributed by atoms with E-state index in [-0.39, 0.29) is 0 Å². The molecule has 0 bridgehead atoms. The van der Waals surface area contributed by atoms with Crippen molar-refractivity contribution < 1.29 is 0 Å². The lowest BCUT2D eigenvalue weighted by Crippen LogP contribution is -2.24. The summed E-state index contributed by atoms with van der Waals surface area (Å²) in [6, 6.07) is 0. The van der Waals surface area contributed by atoms with Gasteiger partial charge < -0.3 is 0 Å². The Kier molecular flexibility index (Phi) is 3.82. The van der Waals surface area contributed by atoms with Gasteiger partial charge in [-0.1, -0.05) is 41.0 Å². The fraction of sp³-hybridized carbons (Fsp3) is 1.00. The Bertz CT molecular complexity index is 136. The Morgan fingerprint density at radius 1 is 1.08 bits per heavy atom. The molecule has 0 amide bonds. The van der Waals surface area contributed by atoms with Crippen molar-refractivity contribution in [3.8, 4) is 0 Å². The second-order valence-corrected chi connectivity index (χ2v) is 5.37. The van der Waals surface area contributed by atoms with Gasteiger partial charge in [-0.05, 0) is 42.4 Å². The molecule has 1 fully saturated rings. The first-order valence-electron chi connectivity index (χ1n) is 6.07. The van der Waals surface area contributed by atoms with Crippen LogP contribution in [-0.2, 0) is 0 Å². The topological polar surface area (TPSA) is 0 Å². The Morgan fingerprint density at radius 2 is 1.62 bits per heavy atom. The maximum absolute atomic E-state index is 2.48. The number of hydrogen-bond donors (Lipinski definition) is 0. The van der Waals surface area contributed by atoms with Crippen LogP contribution in [0.25, 0.3) is 0 Å². The summed E-state index contributed by atoms with van der Waals surface area (Å²) >= 11 is 0. The van der Waals surface area contributed by atoms with Gasteiger partial charge in [0.05, 0.1) is 0 Å². The van der Waals surface area contributed by atoms with Crippen molar-refractivity contribution in [3.05, 3.63) is 0 Å². The Labute approximate surface area is 84.1 Å². The molecule has 3 unspecified atom stereocenters. The zero-order valence-corrected chi connectivity index (χ0v) is 10.0. The van der Waals surface area contributed by atoms with Crippen LogP contribution in [-0.4, -0.2) is 0 Å². The average molecular weight is 182 g/mol. The highest BCUT2D eigenvalue weighted by Crippen LogP contribution is 2.44. The fourth-order valence-electron chi connectivity index (χ4n) is 2.69. The molecule has 1 aliphatic carbocycles. The zero-order valence-electron chi connectivity index (χ0n) is 10.0. The monoisotopic (exact) mass is 182 g/mol. The first-order chi connectivity index (χ1) is 6.07. The van der Waals surface area contributed by atoms with Crippen LogP contribution in [0, 0.1) is 29.6 Å². The van der Waals surface area contributed by atoms with Crippen LogP contribution in [0.5, 0.6) is 0 Å². The Morgan fingerprint density at radius 3 is 1.92 bits per heavy atom. The van der Waals surface area contributed by atoms with Gasteiger partial charge in [0.1, 0.15) is 0 Å². The minimum absolute atomic E-state index is 0.853. The lowest BCUT2D eigenvalue weighted by atomic mass is 9.74. The summed E-state index contributed by atoms with van der Waals surface area (Å²) in [5.74, 6) is 4.77. The van der Waals surface area contributed by atoms with Crippen LogP contribution >= 0.6 is 0 Å². The predicted octanol–water partition coefficient (Wildman–Crippen LogP) is 4.35. The second-order valence-electron chi connectivity index (χ2n) is 5.37. The minimum Gasteiger partial charge on any atom is -0.0651 e. The fourth-order valence-corrected chi connectivity index (χ4v) is 2.69. The van der Waals surface area contributed by atoms with E-state index in [0.717, 1.165) is 29.6 Å². The molecule has 0 radical (unpaired) electrons. The third-order valence-corrected chi connectivity index (χ3v) is 4.24. The summed E-state index contributed by atoms with van der Waals surface area (Å²) in [6.07, 6.45) is 4.38. The predicted molar refractivity (Wildman–Crippen MR) is 59.7 cm³/mol. The molecule has 0 aromatic heterocycles. The van der Waals surface area contributed by atoms with E-state index in [9.17, 15) is 0 Å². The highest BCUT2D eigenvalue weighted by Gasteiger charge is 2.35. The van der Waals surface area contributed by atoms with Gasteiger partial charge >= 0.3 is 0 Å². The summed E-state index contributed by atoms with van der Waals surface area (Å²) < 4.78 is 0. The third-order valence-electron chi connectivity index (χ3n) is 4.24. The van der Waals surface area contributed by atoms with Crippen LogP contribution in [0.4, 0.5) is 0 Å². The van der Waals surface area contributed by atoms with E-state index < -0.39 is 0 Å². The Hall–Kier alpha value is 0. The normalized spacial score (nSPS) is 24.5. The smallest absolute Gasteiger partial charge is 0.0360 e. The van der Waals surface area contributed by atoms with Gasteiger partial charge in [0, 0.05) is 0 Å². The average Bonchev–Trinajstić information content (AvgIpc) is 2.87. The van der Waals surface area contributed by atoms with E-state index in [4.69, 9.17) is 0 Å². The molecule has 0 nitrogen and oxygen atoms in total. The standard InChI is InChI=1S/C13H26/c1-6-13(10(4)9(2)3)11(5)12-7-8-12/h9-13H,6-8H2,1-5H3. The molecule has 1 saturated carbocycles. The summed E-state index contributed by atoms with van der Waals surface area (Å²) in [6.45, 7) is 12.0. The summed E-state index contributed by atoms with van der Waals surface area (Å²) in [5.41, 5.74) is 0. The van der Waals surface area contributed by atoms with Crippen molar-refractivity contribution in [2.24, 2.45) is 29.6 Å². The largest absolute Gasteiger partial charge is 0.0651 e. The van der Waals surface area contributed by atoms with Crippen molar-refractivity contribution in [1.82, 2.24) is 0 Å². The zero-order chi connectivity index (χ0) is 10.0. The molecule has 0 heterocycles. The maximum atomic E-state index is 2.48. The molecule has 0 saturated heterocycles. The molecule has 0 heteroatoms. The molecule has 0 aliphatic heterocycles. The van der Waals surface area contributed by atoms with Crippen molar-refractivity contribution in [2.75, 3.05) is 0 Å². The van der Waals surface area contributed by atoms with E-state index in [2.05, 4.69) is 34.6 Å². The molecular weight excluding hydrogens is 156 g/mol. The lowest BCUT2D eigenvalue weighted by molar-refractivity contribution is 0.181. The van der Waals surface area contributed by atoms with E-state index in [1.165, 1.54) is 19.3 Å². The van der Waals surface area contributed by atoms with Gasteiger partial charge in [-0.3, -0.25) is 0 Å². The SMILES string of the molecule is CCC(C(C)C(C)C)C(C)C1CC1. The van der Waals surface area contributed by atoms with Crippen molar-refractivity contribution in [2.45, 2.75) is 53.9 Å². The summed E-state index contributed by atoms with van der Waals surface area (Å²) in [4.78, 5) is 0. The van der Waals surface area contributed by atoms with Crippen LogP contribution in [0.3, 0.4) is 0 Å². The molecule has 13 heavy (non-hydrogen) atoms. The molecule has 0 spiro atoms. The molecular formula is C13H26. The highest BCUT2D eigenvalue weighted by atomic mass is 14.4. The van der Waals surface area contributed by atoms with Gasteiger partial charge in [-0.25, -0.2) is 0 Å². The minimum atomic E-state index is 0.853. The van der Waals surface area contributed by atoms with E-state index in [1.807, 2.05) is 0 Å². The summed E-state index contributed by atoms with van der Waals surface area (Å²) in [7, 11) is 0. The number of rotatable bonds is 5. The lowest BCUT2D eigenvalue weighted by Gasteiger charge is -2.31. The van der Waals surface area contributed by atoms with Crippen LogP contribution in [0.1, 0.15) is 53.9 Å². The number of hydrogen-bond acceptors (Lipinski definition) is 0. The van der Waals surface area contributed by atoms with Crippen molar-refractivity contribution in [3.63, 3.8) is 0 Å². The van der Waals surface area contributed by atoms with E-state index in [1.54, 1.807) is 0 Å². The summed E-state index contributed by atoms with van der Waals surface area (Å²) in [5, 5.41) is 0. The van der Waals surface area contributed by atoms with Gasteiger partial charge in [0.15, 0.2) is 0 Å². The van der Waals surface area contributed by atoms with Gasteiger partial charge in [-0.2, -0.15) is 0 Å². The molecule has 0 aromatic rings. The first kappa shape index (κ1) is 11.1. The van der Waals surface area contributed by atoms with E-state index >= 15 is 0 Å². The van der Waals surface area contributed by atoms with Gasteiger partial charge in [0.2, 0.25) is 0 Å². The molecule has 1 rings (SSSR count). The third kappa shape index (κ3) is 2.72. The van der Waals surface area contributed by atoms with Gasteiger partial charge in [-0.15, -0.1) is 0 Å². The molecule has 78 valence electrons. The Balaban J connectivity index is 2.49. The molecule has 0 N–H and O–H groups in total. The van der Waals surface area contributed by atoms with Gasteiger partial charge in [0.25, 0.3) is 0 Å². The maximum Gasteiger partial charge on any atom is -0.0360 e. The van der Waals surface area contributed by atoms with Crippen LogP contribution in [0.2, 0.25) is 0 Å². The molecule has 1 aliphatic rings. The second kappa shape index (κ2) is 4.48. The molecule has 0 aromatic carbocycles.